The van der Waals surface area contributed by atoms with E-state index in [0.29, 0.717) is 5.56 Å². The Kier molecular flexibility index (Phi) is 4.22. The van der Waals surface area contributed by atoms with Crippen molar-refractivity contribution in [3.63, 3.8) is 0 Å². The molecule has 0 radical (unpaired) electrons. The van der Waals surface area contributed by atoms with Gasteiger partial charge in [0.2, 0.25) is 0 Å². The SMILES string of the molecule is CCCN(CC1CC1)c1ccc(CO)cc1C#N. The van der Waals surface area contributed by atoms with Crippen LogP contribution in [0.15, 0.2) is 18.2 Å². The second-order valence-electron chi connectivity index (χ2n) is 5.01. The summed E-state index contributed by atoms with van der Waals surface area (Å²) >= 11 is 0. The molecule has 0 saturated heterocycles. The Morgan fingerprint density at radius 2 is 2.22 bits per heavy atom. The van der Waals surface area contributed by atoms with Crippen molar-refractivity contribution >= 4 is 5.69 Å². The van der Waals surface area contributed by atoms with Crippen LogP contribution >= 0.6 is 0 Å². The van der Waals surface area contributed by atoms with Gasteiger partial charge in [0.05, 0.1) is 17.9 Å². The van der Waals surface area contributed by atoms with Gasteiger partial charge in [-0.3, -0.25) is 0 Å². The largest absolute Gasteiger partial charge is 0.392 e. The molecule has 0 bridgehead atoms. The maximum absolute atomic E-state index is 9.25. The molecule has 18 heavy (non-hydrogen) atoms. The number of hydrogen-bond acceptors (Lipinski definition) is 3. The molecular formula is C15H20N2O. The summed E-state index contributed by atoms with van der Waals surface area (Å²) in [7, 11) is 0. The molecule has 1 aromatic rings. The molecular weight excluding hydrogens is 224 g/mol. The Labute approximate surface area is 109 Å². The van der Waals surface area contributed by atoms with Gasteiger partial charge < -0.3 is 10.0 Å². The van der Waals surface area contributed by atoms with Crippen LogP contribution in [0.3, 0.4) is 0 Å². The molecule has 0 atom stereocenters. The highest BCUT2D eigenvalue weighted by molar-refractivity contribution is 5.60. The quantitative estimate of drug-likeness (QED) is 0.837. The van der Waals surface area contributed by atoms with E-state index in [1.165, 1.54) is 12.8 Å². The monoisotopic (exact) mass is 244 g/mol. The predicted molar refractivity (Wildman–Crippen MR) is 72.3 cm³/mol. The van der Waals surface area contributed by atoms with Gasteiger partial charge in [-0.05, 0) is 42.9 Å². The van der Waals surface area contributed by atoms with Crippen LogP contribution in [0.1, 0.15) is 37.3 Å². The summed E-state index contributed by atoms with van der Waals surface area (Å²) in [5.74, 6) is 0.806. The first-order valence-corrected chi connectivity index (χ1v) is 6.67. The highest BCUT2D eigenvalue weighted by atomic mass is 16.3. The average Bonchev–Trinajstić information content (AvgIpc) is 3.21. The summed E-state index contributed by atoms with van der Waals surface area (Å²) in [4.78, 5) is 2.32. The van der Waals surface area contributed by atoms with Crippen LogP contribution in [0, 0.1) is 17.2 Å². The molecule has 3 heteroatoms. The standard InChI is InChI=1S/C15H20N2O/c1-2-7-17(10-12-3-4-12)15-6-5-13(11-18)8-14(15)9-16/h5-6,8,12,18H,2-4,7,10-11H2,1H3. The van der Waals surface area contributed by atoms with Gasteiger partial charge in [-0.1, -0.05) is 13.0 Å². The highest BCUT2D eigenvalue weighted by Gasteiger charge is 2.25. The number of nitrogens with zero attached hydrogens (tertiary/aromatic N) is 2. The number of rotatable bonds is 6. The van der Waals surface area contributed by atoms with Gasteiger partial charge in [0.1, 0.15) is 6.07 Å². The molecule has 1 N–H and O–H groups in total. The van der Waals surface area contributed by atoms with Crippen molar-refractivity contribution in [2.75, 3.05) is 18.0 Å². The fourth-order valence-electron chi connectivity index (χ4n) is 2.24. The first kappa shape index (κ1) is 12.9. The van der Waals surface area contributed by atoms with Gasteiger partial charge in [-0.2, -0.15) is 5.26 Å². The van der Waals surface area contributed by atoms with Crippen LogP contribution in [0.25, 0.3) is 0 Å². The summed E-state index contributed by atoms with van der Waals surface area (Å²) < 4.78 is 0. The van der Waals surface area contributed by atoms with E-state index in [4.69, 9.17) is 5.11 Å². The molecule has 96 valence electrons. The summed E-state index contributed by atoms with van der Waals surface area (Å²) in [6.45, 7) is 4.20. The number of benzene rings is 1. The predicted octanol–water partition coefficient (Wildman–Crippen LogP) is 2.68. The lowest BCUT2D eigenvalue weighted by molar-refractivity contribution is 0.282. The Morgan fingerprint density at radius 1 is 1.44 bits per heavy atom. The second kappa shape index (κ2) is 5.88. The van der Waals surface area contributed by atoms with Gasteiger partial charge in [0.15, 0.2) is 0 Å². The minimum atomic E-state index is -0.00857. The third kappa shape index (κ3) is 3.02. The van der Waals surface area contributed by atoms with E-state index >= 15 is 0 Å². The Morgan fingerprint density at radius 3 is 2.78 bits per heavy atom. The molecule has 3 nitrogen and oxygen atoms in total. The molecule has 1 aliphatic carbocycles. The summed E-state index contributed by atoms with van der Waals surface area (Å²) in [6, 6.07) is 7.93. The van der Waals surface area contributed by atoms with Crippen LogP contribution < -0.4 is 4.90 Å². The van der Waals surface area contributed by atoms with Gasteiger partial charge in [0.25, 0.3) is 0 Å². The fourth-order valence-corrected chi connectivity index (χ4v) is 2.24. The average molecular weight is 244 g/mol. The fraction of sp³-hybridized carbons (Fsp3) is 0.533. The first-order valence-electron chi connectivity index (χ1n) is 6.67. The molecule has 1 saturated carbocycles. The number of aliphatic hydroxyl groups excluding tert-OH is 1. The smallest absolute Gasteiger partial charge is 0.101 e. The van der Waals surface area contributed by atoms with Gasteiger partial charge in [-0.25, -0.2) is 0 Å². The van der Waals surface area contributed by atoms with Crippen molar-refractivity contribution in [3.05, 3.63) is 29.3 Å². The van der Waals surface area contributed by atoms with Crippen LogP contribution in [-0.4, -0.2) is 18.2 Å². The van der Waals surface area contributed by atoms with Crippen LogP contribution in [0.5, 0.6) is 0 Å². The molecule has 0 unspecified atom stereocenters. The van der Waals surface area contributed by atoms with E-state index in [9.17, 15) is 5.26 Å². The molecule has 0 heterocycles. The summed E-state index contributed by atoms with van der Waals surface area (Å²) in [5.41, 5.74) is 2.50. The molecule has 0 amide bonds. The lowest BCUT2D eigenvalue weighted by Crippen LogP contribution is -2.27. The minimum absolute atomic E-state index is 0.00857. The third-order valence-electron chi connectivity index (χ3n) is 3.37. The zero-order chi connectivity index (χ0) is 13.0. The first-order chi connectivity index (χ1) is 8.78. The van der Waals surface area contributed by atoms with Crippen LogP contribution in [0.2, 0.25) is 0 Å². The van der Waals surface area contributed by atoms with Crippen molar-refractivity contribution in [3.8, 4) is 6.07 Å². The molecule has 1 aromatic carbocycles. The van der Waals surface area contributed by atoms with E-state index in [1.54, 1.807) is 6.07 Å². The van der Waals surface area contributed by atoms with Gasteiger partial charge in [0, 0.05) is 13.1 Å². The summed E-state index contributed by atoms with van der Waals surface area (Å²) in [6.07, 6.45) is 3.72. The number of aliphatic hydroxyl groups is 1. The van der Waals surface area contributed by atoms with Crippen molar-refractivity contribution in [1.82, 2.24) is 0 Å². The highest BCUT2D eigenvalue weighted by Crippen LogP contribution is 2.32. The molecule has 1 fully saturated rings. The number of nitriles is 1. The van der Waals surface area contributed by atoms with E-state index in [-0.39, 0.29) is 6.61 Å². The lowest BCUT2D eigenvalue weighted by Gasteiger charge is -2.25. The van der Waals surface area contributed by atoms with E-state index in [0.717, 1.165) is 36.7 Å². The topological polar surface area (TPSA) is 47.3 Å². The van der Waals surface area contributed by atoms with Crippen LogP contribution in [-0.2, 0) is 6.61 Å². The molecule has 2 rings (SSSR count). The Balaban J connectivity index is 2.24. The minimum Gasteiger partial charge on any atom is -0.392 e. The van der Waals surface area contributed by atoms with Gasteiger partial charge in [-0.15, -0.1) is 0 Å². The maximum Gasteiger partial charge on any atom is 0.101 e. The molecule has 0 aliphatic heterocycles. The zero-order valence-electron chi connectivity index (χ0n) is 10.9. The lowest BCUT2D eigenvalue weighted by atomic mass is 10.1. The number of anilines is 1. The van der Waals surface area contributed by atoms with Crippen molar-refractivity contribution in [1.29, 1.82) is 5.26 Å². The zero-order valence-corrected chi connectivity index (χ0v) is 10.9. The van der Waals surface area contributed by atoms with Crippen molar-refractivity contribution < 1.29 is 5.11 Å². The Bertz CT molecular complexity index is 446. The van der Waals surface area contributed by atoms with E-state index in [1.807, 2.05) is 12.1 Å². The third-order valence-corrected chi connectivity index (χ3v) is 3.37. The molecule has 0 aromatic heterocycles. The van der Waals surface area contributed by atoms with E-state index in [2.05, 4.69) is 17.9 Å². The van der Waals surface area contributed by atoms with E-state index < -0.39 is 0 Å². The maximum atomic E-state index is 9.25. The van der Waals surface area contributed by atoms with Crippen molar-refractivity contribution in [2.45, 2.75) is 32.8 Å². The molecule has 0 spiro atoms. The second-order valence-corrected chi connectivity index (χ2v) is 5.01. The Hall–Kier alpha value is -1.53. The summed E-state index contributed by atoms with van der Waals surface area (Å²) in [5, 5.41) is 18.4. The van der Waals surface area contributed by atoms with Crippen molar-refractivity contribution in [2.24, 2.45) is 5.92 Å². The van der Waals surface area contributed by atoms with Crippen LogP contribution in [0.4, 0.5) is 5.69 Å². The van der Waals surface area contributed by atoms with Gasteiger partial charge >= 0.3 is 0 Å². The number of hydrogen-bond donors (Lipinski definition) is 1. The normalized spacial score (nSPS) is 14.3. The molecule has 1 aliphatic rings.